The molecule has 0 fully saturated rings. The van der Waals surface area contributed by atoms with E-state index >= 15 is 0 Å². The first-order valence-corrected chi connectivity index (χ1v) is 7.48. The Kier molecular flexibility index (Phi) is 5.79. The van der Waals surface area contributed by atoms with E-state index in [9.17, 15) is 0 Å². The predicted molar refractivity (Wildman–Crippen MR) is 86.1 cm³/mol. The van der Waals surface area contributed by atoms with Gasteiger partial charge in [-0.2, -0.15) is 5.10 Å². The number of hydrogen-bond donors (Lipinski definition) is 0. The van der Waals surface area contributed by atoms with Crippen molar-refractivity contribution < 1.29 is 4.74 Å². The van der Waals surface area contributed by atoms with Gasteiger partial charge in [0.2, 0.25) is 0 Å². The van der Waals surface area contributed by atoms with Gasteiger partial charge in [-0.1, -0.05) is 29.8 Å². The smallest absolute Gasteiger partial charge is 0.137 e. The van der Waals surface area contributed by atoms with E-state index in [0.29, 0.717) is 5.15 Å². The van der Waals surface area contributed by atoms with Gasteiger partial charge in [-0.05, 0) is 32.5 Å². The molecule has 1 aromatic heterocycles. The van der Waals surface area contributed by atoms with Gasteiger partial charge in [0, 0.05) is 32.4 Å². The topological polar surface area (TPSA) is 30.3 Å². The lowest BCUT2D eigenvalue weighted by Gasteiger charge is -2.16. The first-order valence-electron chi connectivity index (χ1n) is 7.10. The molecule has 4 nitrogen and oxygen atoms in total. The Morgan fingerprint density at radius 1 is 1.29 bits per heavy atom. The third kappa shape index (κ3) is 4.06. The van der Waals surface area contributed by atoms with Crippen molar-refractivity contribution >= 4 is 11.6 Å². The lowest BCUT2D eigenvalue weighted by atomic mass is 10.2. The zero-order valence-electron chi connectivity index (χ0n) is 12.8. The number of methoxy groups -OCH3 is 1. The fourth-order valence-corrected chi connectivity index (χ4v) is 2.61. The van der Waals surface area contributed by atoms with Crippen LogP contribution >= 0.6 is 11.6 Å². The number of aryl methyl sites for hydroxylation is 1. The van der Waals surface area contributed by atoms with Gasteiger partial charge in [0.1, 0.15) is 5.15 Å². The minimum atomic E-state index is 0.692. The second kappa shape index (κ2) is 7.59. The summed E-state index contributed by atoms with van der Waals surface area (Å²) in [7, 11) is 3.82. The van der Waals surface area contributed by atoms with E-state index in [1.165, 1.54) is 0 Å². The van der Waals surface area contributed by atoms with Crippen LogP contribution in [-0.2, 0) is 11.3 Å². The molecule has 2 rings (SSSR count). The van der Waals surface area contributed by atoms with Crippen molar-refractivity contribution in [2.75, 3.05) is 27.3 Å². The third-order valence-corrected chi connectivity index (χ3v) is 3.83. The lowest BCUT2D eigenvalue weighted by Crippen LogP contribution is -2.20. The highest BCUT2D eigenvalue weighted by Crippen LogP contribution is 2.24. The number of benzene rings is 1. The van der Waals surface area contributed by atoms with E-state index in [0.717, 1.165) is 43.1 Å². The Labute approximate surface area is 131 Å². The van der Waals surface area contributed by atoms with Crippen LogP contribution in [0.3, 0.4) is 0 Å². The molecule has 2 aromatic rings. The maximum atomic E-state index is 6.52. The van der Waals surface area contributed by atoms with Crippen molar-refractivity contribution in [2.45, 2.75) is 19.9 Å². The molecule has 0 unspecified atom stereocenters. The molecule has 1 heterocycles. The van der Waals surface area contributed by atoms with E-state index in [1.54, 1.807) is 11.8 Å². The number of halogens is 1. The Hall–Kier alpha value is -1.36. The Morgan fingerprint density at radius 2 is 2.00 bits per heavy atom. The quantitative estimate of drug-likeness (QED) is 0.735. The minimum absolute atomic E-state index is 0.692. The van der Waals surface area contributed by atoms with Crippen LogP contribution in [0.15, 0.2) is 30.3 Å². The summed E-state index contributed by atoms with van der Waals surface area (Å²) in [5.41, 5.74) is 3.04. The molecule has 0 aliphatic carbocycles. The Morgan fingerprint density at radius 3 is 2.67 bits per heavy atom. The van der Waals surface area contributed by atoms with Gasteiger partial charge < -0.3 is 9.64 Å². The Balaban J connectivity index is 2.13. The van der Waals surface area contributed by atoms with E-state index < -0.39 is 0 Å². The van der Waals surface area contributed by atoms with Gasteiger partial charge in [0.05, 0.1) is 11.4 Å². The van der Waals surface area contributed by atoms with Gasteiger partial charge in [0.25, 0.3) is 0 Å². The van der Waals surface area contributed by atoms with E-state index in [-0.39, 0.29) is 0 Å². The summed E-state index contributed by atoms with van der Waals surface area (Å²) >= 11 is 6.52. The first kappa shape index (κ1) is 16.0. The molecule has 1 aromatic carbocycles. The summed E-state index contributed by atoms with van der Waals surface area (Å²) in [5.74, 6) is 0. The van der Waals surface area contributed by atoms with Crippen molar-refractivity contribution in [3.05, 3.63) is 46.7 Å². The molecule has 0 aliphatic rings. The normalized spacial score (nSPS) is 11.3. The van der Waals surface area contributed by atoms with Crippen LogP contribution in [-0.4, -0.2) is 42.0 Å². The maximum Gasteiger partial charge on any atom is 0.137 e. The van der Waals surface area contributed by atoms with Crippen molar-refractivity contribution in [3.8, 4) is 5.69 Å². The van der Waals surface area contributed by atoms with Crippen LogP contribution < -0.4 is 0 Å². The number of para-hydroxylation sites is 1. The molecule has 5 heteroatoms. The molecule has 114 valence electrons. The standard InChI is InChI=1S/C16H22ClN3O/c1-13-15(12-19(2)10-7-11-21-3)16(17)20(18-13)14-8-5-4-6-9-14/h4-6,8-9H,7,10-12H2,1-3H3. The van der Waals surface area contributed by atoms with Crippen molar-refractivity contribution in [1.82, 2.24) is 14.7 Å². The molecule has 0 N–H and O–H groups in total. The average Bonchev–Trinajstić information content (AvgIpc) is 2.76. The van der Waals surface area contributed by atoms with Crippen LogP contribution in [0.25, 0.3) is 5.69 Å². The minimum Gasteiger partial charge on any atom is -0.385 e. The fourth-order valence-electron chi connectivity index (χ4n) is 2.28. The summed E-state index contributed by atoms with van der Waals surface area (Å²) in [6, 6.07) is 9.96. The molecule has 21 heavy (non-hydrogen) atoms. The van der Waals surface area contributed by atoms with Crippen LogP contribution in [0.5, 0.6) is 0 Å². The molecule has 0 atom stereocenters. The SMILES string of the molecule is COCCCN(C)Cc1c(C)nn(-c2ccccc2)c1Cl. The largest absolute Gasteiger partial charge is 0.385 e. The molecule has 0 amide bonds. The zero-order valence-corrected chi connectivity index (χ0v) is 13.6. The number of rotatable bonds is 7. The molecule has 0 saturated carbocycles. The Bertz CT molecular complexity index is 568. The summed E-state index contributed by atoms with van der Waals surface area (Å²) < 4.78 is 6.88. The van der Waals surface area contributed by atoms with Gasteiger partial charge in [-0.3, -0.25) is 0 Å². The number of ether oxygens (including phenoxy) is 1. The second-order valence-corrected chi connectivity index (χ2v) is 5.54. The van der Waals surface area contributed by atoms with E-state index in [4.69, 9.17) is 16.3 Å². The van der Waals surface area contributed by atoms with Crippen LogP contribution in [0.2, 0.25) is 5.15 Å². The van der Waals surface area contributed by atoms with Crippen molar-refractivity contribution in [3.63, 3.8) is 0 Å². The van der Waals surface area contributed by atoms with Gasteiger partial charge in [0.15, 0.2) is 0 Å². The average molecular weight is 308 g/mol. The summed E-state index contributed by atoms with van der Waals surface area (Å²) in [6.45, 7) is 4.55. The van der Waals surface area contributed by atoms with Crippen LogP contribution in [0, 0.1) is 6.92 Å². The number of aromatic nitrogens is 2. The van der Waals surface area contributed by atoms with Crippen LogP contribution in [0.1, 0.15) is 17.7 Å². The van der Waals surface area contributed by atoms with E-state index in [2.05, 4.69) is 17.0 Å². The summed E-state index contributed by atoms with van der Waals surface area (Å²) in [6.07, 6.45) is 1.01. The molecule has 0 aliphatic heterocycles. The highest BCUT2D eigenvalue weighted by Gasteiger charge is 2.15. The predicted octanol–water partition coefficient (Wildman–Crippen LogP) is 3.30. The van der Waals surface area contributed by atoms with Gasteiger partial charge >= 0.3 is 0 Å². The zero-order chi connectivity index (χ0) is 15.2. The highest BCUT2D eigenvalue weighted by molar-refractivity contribution is 6.30. The third-order valence-electron chi connectivity index (χ3n) is 3.44. The van der Waals surface area contributed by atoms with Crippen molar-refractivity contribution in [1.29, 1.82) is 0 Å². The molecule has 0 radical (unpaired) electrons. The van der Waals surface area contributed by atoms with Crippen LogP contribution in [0.4, 0.5) is 0 Å². The lowest BCUT2D eigenvalue weighted by molar-refractivity contribution is 0.178. The summed E-state index contributed by atoms with van der Waals surface area (Å²) in [4.78, 5) is 2.24. The molecular weight excluding hydrogens is 286 g/mol. The highest BCUT2D eigenvalue weighted by atomic mass is 35.5. The molecular formula is C16H22ClN3O. The first-order chi connectivity index (χ1) is 10.1. The van der Waals surface area contributed by atoms with E-state index in [1.807, 2.05) is 37.3 Å². The summed E-state index contributed by atoms with van der Waals surface area (Å²) in [5, 5.41) is 5.26. The monoisotopic (exact) mass is 307 g/mol. The second-order valence-electron chi connectivity index (χ2n) is 5.19. The molecule has 0 bridgehead atoms. The van der Waals surface area contributed by atoms with Crippen molar-refractivity contribution in [2.24, 2.45) is 0 Å². The molecule has 0 saturated heterocycles. The number of nitrogens with zero attached hydrogens (tertiary/aromatic N) is 3. The maximum absolute atomic E-state index is 6.52. The van der Waals surface area contributed by atoms with Gasteiger partial charge in [-0.25, -0.2) is 4.68 Å². The number of hydrogen-bond acceptors (Lipinski definition) is 3. The fraction of sp³-hybridized carbons (Fsp3) is 0.438. The molecule has 0 spiro atoms. The van der Waals surface area contributed by atoms with Gasteiger partial charge in [-0.15, -0.1) is 0 Å².